The molecule has 0 bridgehead atoms. The molecule has 0 amide bonds. The molecule has 112 valence electrons. The molecule has 1 aromatic heterocycles. The molecular formula is C13H11BrF3N3O. The Morgan fingerprint density at radius 1 is 1.38 bits per heavy atom. The van der Waals surface area contributed by atoms with E-state index in [-0.39, 0.29) is 27.2 Å². The zero-order valence-electron chi connectivity index (χ0n) is 10.9. The zero-order valence-corrected chi connectivity index (χ0v) is 12.5. The molecule has 4 nitrogen and oxygen atoms in total. The van der Waals surface area contributed by atoms with Gasteiger partial charge in [0, 0.05) is 10.0 Å². The fourth-order valence-corrected chi connectivity index (χ4v) is 2.30. The molecule has 0 aliphatic heterocycles. The van der Waals surface area contributed by atoms with Crippen molar-refractivity contribution < 1.29 is 13.2 Å². The number of alkyl halides is 3. The van der Waals surface area contributed by atoms with Crippen molar-refractivity contribution in [2.75, 3.05) is 5.73 Å². The Kier molecular flexibility index (Phi) is 4.08. The van der Waals surface area contributed by atoms with Crippen LogP contribution in [-0.2, 0) is 12.6 Å². The summed E-state index contributed by atoms with van der Waals surface area (Å²) in [5, 5.41) is 0. The summed E-state index contributed by atoms with van der Waals surface area (Å²) in [6.07, 6.45) is -4.23. The summed E-state index contributed by atoms with van der Waals surface area (Å²) in [7, 11) is 0. The number of halogens is 4. The maximum absolute atomic E-state index is 13.1. The first-order valence-corrected chi connectivity index (χ1v) is 6.79. The maximum atomic E-state index is 13.1. The van der Waals surface area contributed by atoms with Crippen LogP contribution in [0.3, 0.4) is 0 Å². The lowest BCUT2D eigenvalue weighted by Gasteiger charge is -2.13. The first-order valence-electron chi connectivity index (χ1n) is 5.99. The number of nitrogen functional groups attached to an aromatic ring is 1. The third-order valence-corrected chi connectivity index (χ3v) is 3.44. The van der Waals surface area contributed by atoms with E-state index in [1.807, 2.05) is 0 Å². The number of H-pyrrole nitrogens is 1. The van der Waals surface area contributed by atoms with Crippen LogP contribution in [0.5, 0.6) is 0 Å². The first kappa shape index (κ1) is 15.6. The molecule has 21 heavy (non-hydrogen) atoms. The van der Waals surface area contributed by atoms with Crippen LogP contribution in [0, 0.1) is 0 Å². The Labute approximate surface area is 126 Å². The van der Waals surface area contributed by atoms with Crippen molar-refractivity contribution in [1.82, 2.24) is 9.97 Å². The zero-order chi connectivity index (χ0) is 15.8. The summed E-state index contributed by atoms with van der Waals surface area (Å²) in [5.41, 5.74) is 4.24. The highest BCUT2D eigenvalue weighted by molar-refractivity contribution is 9.10. The highest BCUT2D eigenvalue weighted by Crippen LogP contribution is 2.37. The minimum absolute atomic E-state index is 0.0627. The number of aromatic amines is 1. The first-order chi connectivity index (χ1) is 9.74. The second kappa shape index (κ2) is 5.51. The van der Waals surface area contributed by atoms with Crippen molar-refractivity contribution in [3.63, 3.8) is 0 Å². The largest absolute Gasteiger partial charge is 0.417 e. The number of aromatic nitrogens is 2. The van der Waals surface area contributed by atoms with E-state index in [9.17, 15) is 18.0 Å². The van der Waals surface area contributed by atoms with Crippen molar-refractivity contribution >= 4 is 21.7 Å². The molecular weight excluding hydrogens is 351 g/mol. The van der Waals surface area contributed by atoms with Crippen molar-refractivity contribution in [3.8, 4) is 11.4 Å². The van der Waals surface area contributed by atoms with E-state index in [0.29, 0.717) is 6.42 Å². The number of rotatable bonds is 2. The smallest absolute Gasteiger partial charge is 0.383 e. The summed E-state index contributed by atoms with van der Waals surface area (Å²) < 4.78 is 39.5. The number of nitrogens with one attached hydrogen (secondary N) is 1. The van der Waals surface area contributed by atoms with Crippen molar-refractivity contribution in [2.24, 2.45) is 0 Å². The van der Waals surface area contributed by atoms with Gasteiger partial charge >= 0.3 is 6.18 Å². The Morgan fingerprint density at radius 3 is 2.57 bits per heavy atom. The van der Waals surface area contributed by atoms with Crippen LogP contribution in [0.15, 0.2) is 27.5 Å². The van der Waals surface area contributed by atoms with Crippen LogP contribution >= 0.6 is 15.9 Å². The summed E-state index contributed by atoms with van der Waals surface area (Å²) >= 11 is 3.00. The molecule has 0 saturated carbocycles. The SMILES string of the molecule is CCc1c(N)nc(-c2ccc(Br)cc2C(F)(F)F)[nH]c1=O. The van der Waals surface area contributed by atoms with E-state index in [0.717, 1.165) is 6.07 Å². The van der Waals surface area contributed by atoms with E-state index in [4.69, 9.17) is 5.73 Å². The predicted octanol–water partition coefficient (Wildman–Crippen LogP) is 3.36. The molecule has 2 rings (SSSR count). The molecule has 0 spiro atoms. The van der Waals surface area contributed by atoms with Gasteiger partial charge in [0.25, 0.3) is 5.56 Å². The standard InChI is InChI=1S/C13H11BrF3N3O/c1-2-7-10(18)19-11(20-12(7)21)8-4-3-6(14)5-9(8)13(15,16)17/h3-5H,2H2,1H3,(H3,18,19,20,21). The number of benzene rings is 1. The second-order valence-electron chi connectivity index (χ2n) is 4.32. The number of nitrogens with two attached hydrogens (primary N) is 1. The van der Waals surface area contributed by atoms with Crippen molar-refractivity contribution in [3.05, 3.63) is 44.2 Å². The Hall–Kier alpha value is -1.83. The fraction of sp³-hybridized carbons (Fsp3) is 0.231. The van der Waals surface area contributed by atoms with Gasteiger partial charge in [-0.2, -0.15) is 13.2 Å². The van der Waals surface area contributed by atoms with Gasteiger partial charge in [-0.15, -0.1) is 0 Å². The van der Waals surface area contributed by atoms with Gasteiger partial charge in [0.1, 0.15) is 11.6 Å². The molecule has 0 unspecified atom stereocenters. The molecule has 0 aliphatic rings. The molecule has 0 aliphatic carbocycles. The molecule has 0 radical (unpaired) electrons. The molecule has 0 saturated heterocycles. The van der Waals surface area contributed by atoms with Crippen LogP contribution in [0.4, 0.5) is 19.0 Å². The van der Waals surface area contributed by atoms with Crippen LogP contribution < -0.4 is 11.3 Å². The van der Waals surface area contributed by atoms with Gasteiger partial charge in [-0.25, -0.2) is 4.98 Å². The summed E-state index contributed by atoms with van der Waals surface area (Å²) in [6, 6.07) is 3.60. The van der Waals surface area contributed by atoms with Crippen molar-refractivity contribution in [1.29, 1.82) is 0 Å². The van der Waals surface area contributed by atoms with Crippen LogP contribution in [0.25, 0.3) is 11.4 Å². The van der Waals surface area contributed by atoms with Crippen LogP contribution in [-0.4, -0.2) is 9.97 Å². The number of hydrogen-bond acceptors (Lipinski definition) is 3. The van der Waals surface area contributed by atoms with E-state index in [1.54, 1.807) is 6.92 Å². The molecule has 1 aromatic carbocycles. The Morgan fingerprint density at radius 2 is 2.05 bits per heavy atom. The lowest BCUT2D eigenvalue weighted by atomic mass is 10.1. The van der Waals surface area contributed by atoms with Gasteiger partial charge in [-0.05, 0) is 24.6 Å². The van der Waals surface area contributed by atoms with Crippen LogP contribution in [0.2, 0.25) is 0 Å². The predicted molar refractivity (Wildman–Crippen MR) is 76.8 cm³/mol. The normalized spacial score (nSPS) is 11.7. The average Bonchev–Trinajstić information content (AvgIpc) is 2.37. The fourth-order valence-electron chi connectivity index (χ4n) is 1.94. The van der Waals surface area contributed by atoms with Gasteiger partial charge in [-0.1, -0.05) is 22.9 Å². The maximum Gasteiger partial charge on any atom is 0.417 e. The molecule has 3 N–H and O–H groups in total. The van der Waals surface area contributed by atoms with Gasteiger partial charge in [0.05, 0.1) is 11.1 Å². The lowest BCUT2D eigenvalue weighted by Crippen LogP contribution is -2.18. The summed E-state index contributed by atoms with van der Waals surface area (Å²) in [4.78, 5) is 18.1. The molecule has 0 atom stereocenters. The minimum Gasteiger partial charge on any atom is -0.383 e. The van der Waals surface area contributed by atoms with E-state index in [2.05, 4.69) is 25.9 Å². The van der Waals surface area contributed by atoms with Gasteiger partial charge in [0.15, 0.2) is 0 Å². The average molecular weight is 362 g/mol. The number of nitrogens with zero attached hydrogens (tertiary/aromatic N) is 1. The summed E-state index contributed by atoms with van der Waals surface area (Å²) in [5.74, 6) is -0.262. The van der Waals surface area contributed by atoms with Gasteiger partial charge in [-0.3, -0.25) is 4.79 Å². The highest BCUT2D eigenvalue weighted by atomic mass is 79.9. The minimum atomic E-state index is -4.57. The third kappa shape index (κ3) is 3.10. The van der Waals surface area contributed by atoms with E-state index in [1.165, 1.54) is 12.1 Å². The number of hydrogen-bond donors (Lipinski definition) is 2. The molecule has 8 heteroatoms. The lowest BCUT2D eigenvalue weighted by molar-refractivity contribution is -0.137. The molecule has 1 heterocycles. The third-order valence-electron chi connectivity index (χ3n) is 2.94. The molecule has 2 aromatic rings. The van der Waals surface area contributed by atoms with Gasteiger partial charge < -0.3 is 10.7 Å². The molecule has 0 fully saturated rings. The second-order valence-corrected chi connectivity index (χ2v) is 5.24. The van der Waals surface area contributed by atoms with Crippen molar-refractivity contribution in [2.45, 2.75) is 19.5 Å². The van der Waals surface area contributed by atoms with E-state index < -0.39 is 17.3 Å². The quantitative estimate of drug-likeness (QED) is 0.861. The Bertz CT molecular complexity index is 740. The highest BCUT2D eigenvalue weighted by Gasteiger charge is 2.34. The van der Waals surface area contributed by atoms with E-state index >= 15 is 0 Å². The van der Waals surface area contributed by atoms with Crippen LogP contribution in [0.1, 0.15) is 18.1 Å². The monoisotopic (exact) mass is 361 g/mol. The van der Waals surface area contributed by atoms with Gasteiger partial charge in [0.2, 0.25) is 0 Å². The topological polar surface area (TPSA) is 71.8 Å². The Balaban J connectivity index is 2.71. The number of anilines is 1. The summed E-state index contributed by atoms with van der Waals surface area (Å²) in [6.45, 7) is 1.71.